The van der Waals surface area contributed by atoms with Gasteiger partial charge in [0.1, 0.15) is 5.82 Å². The molecule has 0 radical (unpaired) electrons. The molecule has 1 heterocycles. The van der Waals surface area contributed by atoms with Gasteiger partial charge in [0.05, 0.1) is 0 Å². The van der Waals surface area contributed by atoms with Gasteiger partial charge < -0.3 is 10.2 Å². The molecule has 0 aromatic heterocycles. The van der Waals surface area contributed by atoms with Crippen LogP contribution in [-0.4, -0.2) is 37.0 Å². The lowest BCUT2D eigenvalue weighted by atomic mass is 10.1. The molecule has 1 N–H and O–H groups in total. The fourth-order valence-electron chi connectivity index (χ4n) is 2.64. The molecule has 3 nitrogen and oxygen atoms in total. The molecule has 1 atom stereocenters. The number of amides is 1. The first-order valence-electron chi connectivity index (χ1n) is 7.01. The molecule has 0 bridgehead atoms. The van der Waals surface area contributed by atoms with Gasteiger partial charge in [-0.15, -0.1) is 0 Å². The summed E-state index contributed by atoms with van der Waals surface area (Å²) in [4.78, 5) is 14.2. The minimum atomic E-state index is -0.262. The number of benzene rings is 1. The summed E-state index contributed by atoms with van der Waals surface area (Å²) >= 11 is 0. The molecule has 1 aliphatic rings. The number of carbonyl (C=O) groups is 1. The Bertz CT molecular complexity index is 496. The Morgan fingerprint density at radius 2 is 2.15 bits per heavy atom. The van der Waals surface area contributed by atoms with E-state index < -0.39 is 0 Å². The highest BCUT2D eigenvalue weighted by Crippen LogP contribution is 2.19. The number of nitrogens with one attached hydrogen (secondary N) is 1. The van der Waals surface area contributed by atoms with Crippen molar-refractivity contribution in [3.8, 4) is 0 Å². The monoisotopic (exact) mass is 276 g/mol. The number of hydrogen-bond acceptors (Lipinski definition) is 2. The van der Waals surface area contributed by atoms with Crippen LogP contribution in [0.2, 0.25) is 0 Å². The first-order chi connectivity index (χ1) is 9.61. The molecule has 2 rings (SSSR count). The summed E-state index contributed by atoms with van der Waals surface area (Å²) in [5, 5.41) is 3.13. The maximum atomic E-state index is 12.9. The number of likely N-dealkylation sites (tertiary alicyclic amines) is 1. The fourth-order valence-corrected chi connectivity index (χ4v) is 2.64. The van der Waals surface area contributed by atoms with E-state index in [1.165, 1.54) is 12.1 Å². The minimum absolute atomic E-state index is 0.0459. The average Bonchev–Trinajstić information content (AvgIpc) is 2.88. The van der Waals surface area contributed by atoms with Crippen LogP contribution >= 0.6 is 0 Å². The third kappa shape index (κ3) is 3.45. The van der Waals surface area contributed by atoms with Crippen LogP contribution in [-0.2, 0) is 4.79 Å². The van der Waals surface area contributed by atoms with E-state index in [4.69, 9.17) is 0 Å². The highest BCUT2D eigenvalue weighted by molar-refractivity contribution is 5.95. The number of allylic oxidation sites excluding steroid dienone is 1. The van der Waals surface area contributed by atoms with Gasteiger partial charge in [0.25, 0.3) is 0 Å². The van der Waals surface area contributed by atoms with Gasteiger partial charge in [-0.25, -0.2) is 4.39 Å². The second kappa shape index (κ2) is 6.66. The largest absolute Gasteiger partial charge is 0.335 e. The highest BCUT2D eigenvalue weighted by Gasteiger charge is 2.26. The van der Waals surface area contributed by atoms with Crippen LogP contribution in [0, 0.1) is 5.82 Å². The molecular weight excluding hydrogens is 255 g/mol. The van der Waals surface area contributed by atoms with Crippen LogP contribution in [0.15, 0.2) is 30.3 Å². The van der Waals surface area contributed by atoms with Gasteiger partial charge in [0, 0.05) is 25.2 Å². The van der Waals surface area contributed by atoms with Crippen molar-refractivity contribution in [2.45, 2.75) is 25.8 Å². The van der Waals surface area contributed by atoms with Crippen molar-refractivity contribution in [1.82, 2.24) is 10.2 Å². The molecule has 4 heteroatoms. The van der Waals surface area contributed by atoms with Gasteiger partial charge >= 0.3 is 0 Å². The molecule has 108 valence electrons. The Morgan fingerprint density at radius 3 is 2.80 bits per heavy atom. The third-order valence-electron chi connectivity index (χ3n) is 3.74. The molecule has 1 saturated heterocycles. The minimum Gasteiger partial charge on any atom is -0.335 e. The van der Waals surface area contributed by atoms with Crippen LogP contribution in [0.4, 0.5) is 4.39 Å². The van der Waals surface area contributed by atoms with Crippen LogP contribution in [0.25, 0.3) is 5.57 Å². The van der Waals surface area contributed by atoms with E-state index >= 15 is 0 Å². The number of carbonyl (C=O) groups excluding carboxylic acids is 1. The second-order valence-electron chi connectivity index (χ2n) is 5.22. The molecule has 1 unspecified atom stereocenters. The molecule has 0 aliphatic carbocycles. The Kier molecular flexibility index (Phi) is 4.90. The van der Waals surface area contributed by atoms with Gasteiger partial charge in [0.15, 0.2) is 0 Å². The van der Waals surface area contributed by atoms with E-state index in [1.54, 1.807) is 18.2 Å². The van der Waals surface area contributed by atoms with Gasteiger partial charge in [-0.1, -0.05) is 12.1 Å². The van der Waals surface area contributed by atoms with Gasteiger partial charge in [-0.05, 0) is 50.1 Å². The molecular formula is C16H21FN2O. The number of hydrogen-bond donors (Lipinski definition) is 1. The zero-order valence-corrected chi connectivity index (χ0v) is 12.0. The van der Waals surface area contributed by atoms with E-state index in [1.807, 2.05) is 18.9 Å². The van der Waals surface area contributed by atoms with Gasteiger partial charge in [0.2, 0.25) is 5.91 Å². The molecule has 1 aromatic carbocycles. The lowest BCUT2D eigenvalue weighted by molar-refractivity contribution is -0.126. The predicted octanol–water partition coefficient (Wildman–Crippen LogP) is 2.44. The molecule has 1 fully saturated rings. The molecule has 1 amide bonds. The van der Waals surface area contributed by atoms with Crippen molar-refractivity contribution < 1.29 is 9.18 Å². The summed E-state index contributed by atoms with van der Waals surface area (Å²) in [5.41, 5.74) is 1.74. The summed E-state index contributed by atoms with van der Waals surface area (Å²) in [6.07, 6.45) is 3.76. The molecule has 1 aliphatic heterocycles. The summed E-state index contributed by atoms with van der Waals surface area (Å²) < 4.78 is 12.9. The van der Waals surface area contributed by atoms with E-state index in [0.29, 0.717) is 0 Å². The smallest absolute Gasteiger partial charge is 0.247 e. The molecule has 20 heavy (non-hydrogen) atoms. The van der Waals surface area contributed by atoms with Gasteiger partial charge in [-0.2, -0.15) is 0 Å². The van der Waals surface area contributed by atoms with Crippen LogP contribution < -0.4 is 5.32 Å². The maximum Gasteiger partial charge on any atom is 0.247 e. The van der Waals surface area contributed by atoms with Crippen molar-refractivity contribution in [2.75, 3.05) is 20.1 Å². The van der Waals surface area contributed by atoms with E-state index in [2.05, 4.69) is 5.32 Å². The average molecular weight is 276 g/mol. The predicted molar refractivity (Wildman–Crippen MR) is 78.7 cm³/mol. The topological polar surface area (TPSA) is 32.3 Å². The zero-order valence-electron chi connectivity index (χ0n) is 12.0. The first kappa shape index (κ1) is 14.7. The first-order valence-corrected chi connectivity index (χ1v) is 7.01. The standard InChI is InChI=1S/C16H21FN2O/c1-12(13-5-7-14(17)8-6-13)10-16(20)19-9-3-4-15(19)11-18-2/h5-8,10,15,18H,3-4,9,11H2,1-2H3/b12-10+. The van der Waals surface area contributed by atoms with Crippen molar-refractivity contribution in [3.05, 3.63) is 41.7 Å². The van der Waals surface area contributed by atoms with E-state index in [-0.39, 0.29) is 17.8 Å². The Balaban J connectivity index is 2.09. The normalized spacial score (nSPS) is 19.4. The van der Waals surface area contributed by atoms with Crippen LogP contribution in [0.3, 0.4) is 0 Å². The Morgan fingerprint density at radius 1 is 1.45 bits per heavy atom. The SMILES string of the molecule is CNCC1CCCN1C(=O)/C=C(\C)c1ccc(F)cc1. The van der Waals surface area contributed by atoms with E-state index in [9.17, 15) is 9.18 Å². The third-order valence-corrected chi connectivity index (χ3v) is 3.74. The Hall–Kier alpha value is -1.68. The van der Waals surface area contributed by atoms with Crippen molar-refractivity contribution in [3.63, 3.8) is 0 Å². The number of nitrogens with zero attached hydrogens (tertiary/aromatic N) is 1. The van der Waals surface area contributed by atoms with Crippen molar-refractivity contribution in [2.24, 2.45) is 0 Å². The van der Waals surface area contributed by atoms with Crippen molar-refractivity contribution >= 4 is 11.5 Å². The van der Waals surface area contributed by atoms with Gasteiger partial charge in [-0.3, -0.25) is 4.79 Å². The summed E-state index contributed by atoms with van der Waals surface area (Å²) in [5.74, 6) is -0.217. The summed E-state index contributed by atoms with van der Waals surface area (Å²) in [6.45, 7) is 3.53. The Labute approximate surface area is 119 Å². The lowest BCUT2D eigenvalue weighted by Crippen LogP contribution is -2.40. The second-order valence-corrected chi connectivity index (χ2v) is 5.22. The summed E-state index contributed by atoms with van der Waals surface area (Å²) in [7, 11) is 1.90. The fraction of sp³-hybridized carbons (Fsp3) is 0.438. The van der Waals surface area contributed by atoms with Crippen molar-refractivity contribution in [1.29, 1.82) is 0 Å². The molecule has 0 spiro atoms. The molecule has 1 aromatic rings. The summed E-state index contributed by atoms with van der Waals surface area (Å²) in [6, 6.07) is 6.51. The quantitative estimate of drug-likeness (QED) is 0.857. The maximum absolute atomic E-state index is 12.9. The number of halogens is 1. The highest BCUT2D eigenvalue weighted by atomic mass is 19.1. The van der Waals surface area contributed by atoms with Crippen LogP contribution in [0.1, 0.15) is 25.3 Å². The van der Waals surface area contributed by atoms with Crippen LogP contribution in [0.5, 0.6) is 0 Å². The number of likely N-dealkylation sites (N-methyl/N-ethyl adjacent to an activating group) is 1. The zero-order chi connectivity index (χ0) is 14.5. The lowest BCUT2D eigenvalue weighted by Gasteiger charge is -2.23. The van der Waals surface area contributed by atoms with E-state index in [0.717, 1.165) is 37.1 Å². The number of rotatable bonds is 4. The molecule has 0 saturated carbocycles.